The SMILES string of the molecule is Cc1c(CCN)c(=O)n(C)c2c(C)cccc12. The van der Waals surface area contributed by atoms with Gasteiger partial charge in [0, 0.05) is 18.0 Å². The van der Waals surface area contributed by atoms with E-state index in [1.807, 2.05) is 33.0 Å². The van der Waals surface area contributed by atoms with Crippen LogP contribution in [0.5, 0.6) is 0 Å². The standard InChI is InChI=1S/C14H18N2O/c1-9-5-4-6-11-10(2)12(7-8-15)14(17)16(3)13(9)11/h4-6H,7-8,15H2,1-3H3. The Morgan fingerprint density at radius 1 is 1.29 bits per heavy atom. The van der Waals surface area contributed by atoms with Crippen molar-refractivity contribution in [2.45, 2.75) is 20.3 Å². The minimum Gasteiger partial charge on any atom is -0.330 e. The third-order valence-corrected chi connectivity index (χ3v) is 3.39. The molecule has 0 aliphatic carbocycles. The molecule has 1 heterocycles. The number of benzene rings is 1. The summed E-state index contributed by atoms with van der Waals surface area (Å²) in [4.78, 5) is 12.3. The van der Waals surface area contributed by atoms with Gasteiger partial charge < -0.3 is 10.3 Å². The monoisotopic (exact) mass is 230 g/mol. The summed E-state index contributed by atoms with van der Waals surface area (Å²) in [5.41, 5.74) is 9.71. The maximum atomic E-state index is 12.3. The molecule has 0 bridgehead atoms. The number of fused-ring (bicyclic) bond motifs is 1. The molecule has 0 unspecified atom stereocenters. The molecule has 0 spiro atoms. The second kappa shape index (κ2) is 4.34. The van der Waals surface area contributed by atoms with Crippen molar-refractivity contribution in [3.63, 3.8) is 0 Å². The molecule has 3 heteroatoms. The summed E-state index contributed by atoms with van der Waals surface area (Å²) < 4.78 is 1.74. The number of para-hydroxylation sites is 1. The molecule has 0 atom stereocenters. The summed E-state index contributed by atoms with van der Waals surface area (Å²) in [7, 11) is 1.83. The Balaban J connectivity index is 2.95. The van der Waals surface area contributed by atoms with Crippen molar-refractivity contribution in [1.29, 1.82) is 0 Å². The van der Waals surface area contributed by atoms with Gasteiger partial charge in [-0.15, -0.1) is 0 Å². The first kappa shape index (κ1) is 11.9. The van der Waals surface area contributed by atoms with Gasteiger partial charge >= 0.3 is 0 Å². The Bertz CT molecular complexity index is 626. The van der Waals surface area contributed by atoms with Crippen LogP contribution in [0.2, 0.25) is 0 Å². The summed E-state index contributed by atoms with van der Waals surface area (Å²) in [5, 5.41) is 1.15. The molecule has 0 aliphatic heterocycles. The quantitative estimate of drug-likeness (QED) is 0.853. The van der Waals surface area contributed by atoms with Crippen molar-refractivity contribution in [2.24, 2.45) is 12.8 Å². The van der Waals surface area contributed by atoms with Crippen LogP contribution in [0.1, 0.15) is 16.7 Å². The van der Waals surface area contributed by atoms with Gasteiger partial charge in [-0.3, -0.25) is 4.79 Å². The Hall–Kier alpha value is -1.61. The molecule has 2 rings (SSSR count). The molecule has 1 aromatic carbocycles. The van der Waals surface area contributed by atoms with Crippen LogP contribution in [0.4, 0.5) is 0 Å². The van der Waals surface area contributed by atoms with Crippen molar-refractivity contribution in [3.05, 3.63) is 45.2 Å². The van der Waals surface area contributed by atoms with Gasteiger partial charge in [0.15, 0.2) is 0 Å². The topological polar surface area (TPSA) is 48.0 Å². The number of aryl methyl sites for hydroxylation is 3. The first-order valence-corrected chi connectivity index (χ1v) is 5.85. The molecular weight excluding hydrogens is 212 g/mol. The molecule has 0 fully saturated rings. The lowest BCUT2D eigenvalue weighted by Crippen LogP contribution is -2.25. The van der Waals surface area contributed by atoms with Gasteiger partial charge in [0.05, 0.1) is 5.52 Å². The Morgan fingerprint density at radius 2 is 2.00 bits per heavy atom. The van der Waals surface area contributed by atoms with Crippen molar-refractivity contribution < 1.29 is 0 Å². The van der Waals surface area contributed by atoms with Gasteiger partial charge in [-0.2, -0.15) is 0 Å². The van der Waals surface area contributed by atoms with Crippen LogP contribution >= 0.6 is 0 Å². The minimum atomic E-state index is 0.0785. The number of nitrogens with two attached hydrogens (primary N) is 1. The number of pyridine rings is 1. The van der Waals surface area contributed by atoms with Crippen molar-refractivity contribution >= 4 is 10.9 Å². The van der Waals surface area contributed by atoms with E-state index in [1.165, 1.54) is 0 Å². The summed E-state index contributed by atoms with van der Waals surface area (Å²) in [5.74, 6) is 0. The van der Waals surface area contributed by atoms with Gasteiger partial charge in [0.1, 0.15) is 0 Å². The number of nitrogens with zero attached hydrogens (tertiary/aromatic N) is 1. The molecule has 1 aromatic heterocycles. The van der Waals surface area contributed by atoms with Crippen LogP contribution in [-0.2, 0) is 13.5 Å². The van der Waals surface area contributed by atoms with Gasteiger partial charge in [-0.05, 0) is 37.9 Å². The van der Waals surface area contributed by atoms with Crippen LogP contribution in [0, 0.1) is 13.8 Å². The fourth-order valence-electron chi connectivity index (χ4n) is 2.47. The first-order valence-electron chi connectivity index (χ1n) is 5.85. The molecule has 17 heavy (non-hydrogen) atoms. The average molecular weight is 230 g/mol. The molecule has 3 nitrogen and oxygen atoms in total. The summed E-state index contributed by atoms with van der Waals surface area (Å²) in [6, 6.07) is 6.13. The highest BCUT2D eigenvalue weighted by Crippen LogP contribution is 2.21. The van der Waals surface area contributed by atoms with Gasteiger partial charge in [-0.1, -0.05) is 18.2 Å². The molecular formula is C14H18N2O. The van der Waals surface area contributed by atoms with Crippen molar-refractivity contribution in [3.8, 4) is 0 Å². The maximum Gasteiger partial charge on any atom is 0.254 e. The lowest BCUT2D eigenvalue weighted by Gasteiger charge is -2.14. The number of hydrogen-bond acceptors (Lipinski definition) is 2. The predicted molar refractivity (Wildman–Crippen MR) is 71.4 cm³/mol. The zero-order chi connectivity index (χ0) is 12.6. The van der Waals surface area contributed by atoms with Crippen LogP contribution in [0.15, 0.2) is 23.0 Å². The summed E-state index contributed by atoms with van der Waals surface area (Å²) in [6.07, 6.45) is 0.641. The predicted octanol–water partition coefficient (Wildman–Crippen LogP) is 1.66. The van der Waals surface area contributed by atoms with Crippen LogP contribution in [0.3, 0.4) is 0 Å². The van der Waals surface area contributed by atoms with Crippen LogP contribution in [-0.4, -0.2) is 11.1 Å². The highest BCUT2D eigenvalue weighted by molar-refractivity contribution is 5.86. The van der Waals surface area contributed by atoms with Crippen molar-refractivity contribution in [1.82, 2.24) is 4.57 Å². The third-order valence-electron chi connectivity index (χ3n) is 3.39. The summed E-state index contributed by atoms with van der Waals surface area (Å²) in [6.45, 7) is 4.55. The smallest absolute Gasteiger partial charge is 0.254 e. The Kier molecular flexibility index (Phi) is 3.03. The molecule has 2 N–H and O–H groups in total. The van der Waals surface area contributed by atoms with Crippen LogP contribution < -0.4 is 11.3 Å². The van der Waals surface area contributed by atoms with Gasteiger partial charge in [0.2, 0.25) is 0 Å². The maximum absolute atomic E-state index is 12.3. The first-order chi connectivity index (χ1) is 8.07. The van der Waals surface area contributed by atoms with Crippen LogP contribution in [0.25, 0.3) is 10.9 Å². The molecule has 0 radical (unpaired) electrons. The van der Waals surface area contributed by atoms with E-state index in [0.29, 0.717) is 13.0 Å². The van der Waals surface area contributed by atoms with Gasteiger partial charge in [-0.25, -0.2) is 0 Å². The molecule has 0 amide bonds. The highest BCUT2D eigenvalue weighted by atomic mass is 16.1. The third kappa shape index (κ3) is 1.76. The Labute approximate surface area is 101 Å². The minimum absolute atomic E-state index is 0.0785. The number of aromatic nitrogens is 1. The van der Waals surface area contributed by atoms with E-state index in [0.717, 1.165) is 27.6 Å². The molecule has 2 aromatic rings. The number of hydrogen-bond donors (Lipinski definition) is 1. The van der Waals surface area contributed by atoms with E-state index in [4.69, 9.17) is 5.73 Å². The lowest BCUT2D eigenvalue weighted by molar-refractivity contribution is 0.847. The van der Waals surface area contributed by atoms with E-state index < -0.39 is 0 Å². The molecule has 90 valence electrons. The normalized spacial score (nSPS) is 11.1. The van der Waals surface area contributed by atoms with E-state index >= 15 is 0 Å². The van der Waals surface area contributed by atoms with Gasteiger partial charge in [0.25, 0.3) is 5.56 Å². The molecule has 0 aliphatic rings. The fraction of sp³-hybridized carbons (Fsp3) is 0.357. The lowest BCUT2D eigenvalue weighted by atomic mass is 10.00. The van der Waals surface area contributed by atoms with E-state index in [-0.39, 0.29) is 5.56 Å². The summed E-state index contributed by atoms with van der Waals surface area (Å²) >= 11 is 0. The Morgan fingerprint density at radius 3 is 2.65 bits per heavy atom. The van der Waals surface area contributed by atoms with Crippen molar-refractivity contribution in [2.75, 3.05) is 6.54 Å². The zero-order valence-electron chi connectivity index (χ0n) is 10.6. The largest absolute Gasteiger partial charge is 0.330 e. The highest BCUT2D eigenvalue weighted by Gasteiger charge is 2.12. The molecule has 0 saturated heterocycles. The van der Waals surface area contributed by atoms with E-state index in [9.17, 15) is 4.79 Å². The second-order valence-corrected chi connectivity index (χ2v) is 4.48. The zero-order valence-corrected chi connectivity index (χ0v) is 10.6. The fourth-order valence-corrected chi connectivity index (χ4v) is 2.47. The van der Waals surface area contributed by atoms with E-state index in [1.54, 1.807) is 4.57 Å². The molecule has 0 saturated carbocycles. The number of rotatable bonds is 2. The second-order valence-electron chi connectivity index (χ2n) is 4.48. The average Bonchev–Trinajstić information content (AvgIpc) is 2.31. The van der Waals surface area contributed by atoms with E-state index in [2.05, 4.69) is 6.07 Å².